The van der Waals surface area contributed by atoms with Crippen molar-refractivity contribution >= 4 is 29.2 Å². The first-order valence-corrected chi connectivity index (χ1v) is 8.51. The van der Waals surface area contributed by atoms with Gasteiger partial charge in [-0.3, -0.25) is 0 Å². The van der Waals surface area contributed by atoms with Crippen LogP contribution in [0.1, 0.15) is 18.1 Å². The summed E-state index contributed by atoms with van der Waals surface area (Å²) in [6, 6.07) is 12.8. The molecule has 4 nitrogen and oxygen atoms in total. The van der Waals surface area contributed by atoms with Crippen molar-refractivity contribution in [3.8, 4) is 5.75 Å². The van der Waals surface area contributed by atoms with E-state index in [1.54, 1.807) is 18.2 Å². The Morgan fingerprint density at radius 1 is 1.08 bits per heavy atom. The van der Waals surface area contributed by atoms with Gasteiger partial charge in [0.25, 0.3) is 0 Å². The van der Waals surface area contributed by atoms with Crippen molar-refractivity contribution in [3.05, 3.63) is 63.6 Å². The van der Waals surface area contributed by atoms with E-state index in [-0.39, 0.29) is 6.03 Å². The molecule has 2 aromatic carbocycles. The second-order valence-electron chi connectivity index (χ2n) is 5.17. The summed E-state index contributed by atoms with van der Waals surface area (Å²) in [5, 5.41) is 6.71. The number of carbonyl (C=O) groups is 1. The fourth-order valence-electron chi connectivity index (χ4n) is 2.14. The first kappa shape index (κ1) is 18.4. The third-order valence-corrected chi connectivity index (χ3v) is 3.98. The topological polar surface area (TPSA) is 50.4 Å². The number of carbonyl (C=O) groups excluding carboxylic acids is 1. The van der Waals surface area contributed by atoms with E-state index < -0.39 is 0 Å². The molecule has 0 fully saturated rings. The Labute approximate surface area is 152 Å². The van der Waals surface area contributed by atoms with E-state index in [9.17, 15) is 4.79 Å². The van der Waals surface area contributed by atoms with E-state index in [0.29, 0.717) is 29.7 Å². The Bertz CT molecular complexity index is 675. The number of ether oxygens (including phenoxy) is 1. The van der Waals surface area contributed by atoms with Crippen molar-refractivity contribution in [1.29, 1.82) is 0 Å². The molecule has 24 heavy (non-hydrogen) atoms. The molecule has 2 amide bonds. The van der Waals surface area contributed by atoms with Gasteiger partial charge in [0.05, 0.1) is 6.61 Å². The fraction of sp³-hybridized carbons (Fsp3) is 0.278. The number of urea groups is 1. The lowest BCUT2D eigenvalue weighted by Gasteiger charge is -2.09. The number of benzene rings is 2. The quantitative estimate of drug-likeness (QED) is 0.761. The summed E-state index contributed by atoms with van der Waals surface area (Å²) in [6.45, 7) is 3.51. The molecule has 0 saturated carbocycles. The third-order valence-electron chi connectivity index (χ3n) is 3.39. The lowest BCUT2D eigenvalue weighted by atomic mass is 10.1. The molecular formula is C18H20Cl2N2O2. The highest BCUT2D eigenvalue weighted by atomic mass is 35.5. The molecule has 0 aliphatic heterocycles. The minimum Gasteiger partial charge on any atom is -0.494 e. The van der Waals surface area contributed by atoms with Crippen molar-refractivity contribution in [1.82, 2.24) is 10.6 Å². The van der Waals surface area contributed by atoms with Crippen LogP contribution in [0.5, 0.6) is 5.75 Å². The molecule has 6 heteroatoms. The Morgan fingerprint density at radius 3 is 2.50 bits per heavy atom. The van der Waals surface area contributed by atoms with Crippen LogP contribution in [0.4, 0.5) is 4.79 Å². The normalized spacial score (nSPS) is 10.3. The van der Waals surface area contributed by atoms with Crippen LogP contribution in [-0.2, 0) is 13.0 Å². The first-order valence-electron chi connectivity index (χ1n) is 7.76. The van der Waals surface area contributed by atoms with E-state index in [2.05, 4.69) is 10.6 Å². The molecule has 0 spiro atoms. The fourth-order valence-corrected chi connectivity index (χ4v) is 2.62. The van der Waals surface area contributed by atoms with E-state index in [4.69, 9.17) is 27.9 Å². The van der Waals surface area contributed by atoms with Gasteiger partial charge in [-0.05, 0) is 48.7 Å². The van der Waals surface area contributed by atoms with Crippen molar-refractivity contribution in [2.24, 2.45) is 0 Å². The zero-order valence-corrected chi connectivity index (χ0v) is 15.0. The molecular weight excluding hydrogens is 347 g/mol. The monoisotopic (exact) mass is 366 g/mol. The molecule has 0 unspecified atom stereocenters. The van der Waals surface area contributed by atoms with Crippen molar-refractivity contribution in [2.45, 2.75) is 19.9 Å². The van der Waals surface area contributed by atoms with Gasteiger partial charge in [-0.25, -0.2) is 4.79 Å². The maximum absolute atomic E-state index is 11.8. The molecule has 2 aromatic rings. The molecule has 0 aliphatic carbocycles. The summed E-state index contributed by atoms with van der Waals surface area (Å²) in [5.41, 5.74) is 1.96. The number of halogens is 2. The van der Waals surface area contributed by atoms with Gasteiger partial charge in [0.2, 0.25) is 0 Å². The van der Waals surface area contributed by atoms with Crippen LogP contribution < -0.4 is 15.4 Å². The Balaban J connectivity index is 1.71. The minimum absolute atomic E-state index is 0.230. The molecule has 0 atom stereocenters. The number of hydrogen-bond donors (Lipinski definition) is 2. The molecule has 2 rings (SSSR count). The number of hydrogen-bond acceptors (Lipinski definition) is 2. The van der Waals surface area contributed by atoms with E-state index in [1.165, 1.54) is 0 Å². The van der Waals surface area contributed by atoms with E-state index in [1.807, 2.05) is 31.2 Å². The van der Waals surface area contributed by atoms with Crippen LogP contribution in [0.15, 0.2) is 42.5 Å². The molecule has 0 bridgehead atoms. The van der Waals surface area contributed by atoms with Crippen LogP contribution >= 0.6 is 23.2 Å². The molecule has 2 N–H and O–H groups in total. The van der Waals surface area contributed by atoms with Crippen LogP contribution in [0.25, 0.3) is 0 Å². The summed E-state index contributed by atoms with van der Waals surface area (Å²) in [6.07, 6.45) is 0.752. The van der Waals surface area contributed by atoms with Gasteiger partial charge in [-0.2, -0.15) is 0 Å². The second-order valence-corrected chi connectivity index (χ2v) is 6.02. The molecule has 0 saturated heterocycles. The number of nitrogens with one attached hydrogen (secondary N) is 2. The maximum atomic E-state index is 11.8. The maximum Gasteiger partial charge on any atom is 0.315 e. The molecule has 0 aliphatic rings. The Morgan fingerprint density at radius 2 is 1.83 bits per heavy atom. The molecule has 128 valence electrons. The van der Waals surface area contributed by atoms with Crippen molar-refractivity contribution in [3.63, 3.8) is 0 Å². The average molecular weight is 367 g/mol. The smallest absolute Gasteiger partial charge is 0.315 e. The minimum atomic E-state index is -0.230. The average Bonchev–Trinajstić information content (AvgIpc) is 2.56. The summed E-state index contributed by atoms with van der Waals surface area (Å²) < 4.78 is 5.40. The van der Waals surface area contributed by atoms with Crippen molar-refractivity contribution < 1.29 is 9.53 Å². The Hall–Kier alpha value is -1.91. The SMILES string of the molecule is CCOc1ccc(CCNC(=O)NCc2ccc(Cl)cc2Cl)cc1. The molecule has 0 radical (unpaired) electrons. The van der Waals surface area contributed by atoms with E-state index >= 15 is 0 Å². The van der Waals surface area contributed by atoms with Crippen molar-refractivity contribution in [2.75, 3.05) is 13.2 Å². The van der Waals surface area contributed by atoms with Crippen LogP contribution in [0.2, 0.25) is 10.0 Å². The standard InChI is InChI=1S/C18H20Cl2N2O2/c1-2-24-16-7-3-13(4-8-16)9-10-21-18(23)22-12-14-5-6-15(19)11-17(14)20/h3-8,11H,2,9-10,12H2,1H3,(H2,21,22,23). The van der Waals surface area contributed by atoms with Gasteiger partial charge in [0.15, 0.2) is 0 Å². The highest BCUT2D eigenvalue weighted by molar-refractivity contribution is 6.35. The lowest BCUT2D eigenvalue weighted by Crippen LogP contribution is -2.36. The van der Waals surface area contributed by atoms with Gasteiger partial charge in [0.1, 0.15) is 5.75 Å². The summed E-state index contributed by atoms with van der Waals surface area (Å²) in [4.78, 5) is 11.8. The highest BCUT2D eigenvalue weighted by Gasteiger charge is 2.04. The first-order chi connectivity index (χ1) is 11.6. The summed E-state index contributed by atoms with van der Waals surface area (Å²) in [7, 11) is 0. The van der Waals surface area contributed by atoms with Crippen LogP contribution in [-0.4, -0.2) is 19.2 Å². The predicted octanol–water partition coefficient (Wildman–Crippen LogP) is 4.43. The zero-order chi connectivity index (χ0) is 17.4. The highest BCUT2D eigenvalue weighted by Crippen LogP contribution is 2.20. The van der Waals surface area contributed by atoms with Crippen LogP contribution in [0, 0.1) is 0 Å². The van der Waals surface area contributed by atoms with Gasteiger partial charge in [-0.1, -0.05) is 41.4 Å². The largest absolute Gasteiger partial charge is 0.494 e. The second kappa shape index (κ2) is 9.40. The van der Waals surface area contributed by atoms with Gasteiger partial charge in [-0.15, -0.1) is 0 Å². The predicted molar refractivity (Wildman–Crippen MR) is 98.0 cm³/mol. The summed E-state index contributed by atoms with van der Waals surface area (Å²) in [5.74, 6) is 0.854. The van der Waals surface area contributed by atoms with Crippen LogP contribution in [0.3, 0.4) is 0 Å². The number of amides is 2. The zero-order valence-electron chi connectivity index (χ0n) is 13.4. The van der Waals surface area contributed by atoms with E-state index in [0.717, 1.165) is 23.3 Å². The Kier molecular flexibility index (Phi) is 7.22. The van der Waals surface area contributed by atoms with Gasteiger partial charge >= 0.3 is 6.03 Å². The lowest BCUT2D eigenvalue weighted by molar-refractivity contribution is 0.240. The third kappa shape index (κ3) is 5.95. The molecule has 0 aromatic heterocycles. The molecule has 0 heterocycles. The number of rotatable bonds is 7. The van der Waals surface area contributed by atoms with Gasteiger partial charge in [0, 0.05) is 23.1 Å². The summed E-state index contributed by atoms with van der Waals surface area (Å²) >= 11 is 11.9. The van der Waals surface area contributed by atoms with Gasteiger partial charge < -0.3 is 15.4 Å².